The Labute approximate surface area is 134 Å². The predicted octanol–water partition coefficient (Wildman–Crippen LogP) is 3.98. The number of amides is 1. The Balaban J connectivity index is 2.37. The standard InChI is InChI=1S/C19H28N2O/c1-15(16-10-8-7-9-11-16)21(14-22)17-12-18(2,3)20(6)19(4,5)13-17/h7-12,14-15H,13H2,1-6H3. The van der Waals surface area contributed by atoms with Crippen molar-refractivity contribution in [2.45, 2.75) is 58.2 Å². The van der Waals surface area contributed by atoms with Gasteiger partial charge in [-0.15, -0.1) is 0 Å². The Kier molecular flexibility index (Phi) is 4.48. The van der Waals surface area contributed by atoms with Gasteiger partial charge in [0, 0.05) is 23.2 Å². The normalized spacial score (nSPS) is 21.8. The highest BCUT2D eigenvalue weighted by Crippen LogP contribution is 2.38. The first-order valence-electron chi connectivity index (χ1n) is 7.93. The third kappa shape index (κ3) is 3.09. The molecule has 0 radical (unpaired) electrons. The number of hydrogen-bond acceptors (Lipinski definition) is 2. The van der Waals surface area contributed by atoms with Crippen LogP contribution in [0.15, 0.2) is 42.1 Å². The topological polar surface area (TPSA) is 23.6 Å². The summed E-state index contributed by atoms with van der Waals surface area (Å²) in [6, 6.07) is 10.2. The lowest BCUT2D eigenvalue weighted by atomic mass is 9.83. The highest BCUT2D eigenvalue weighted by molar-refractivity contribution is 5.53. The van der Waals surface area contributed by atoms with Crippen LogP contribution in [0.25, 0.3) is 0 Å². The van der Waals surface area contributed by atoms with Crippen LogP contribution in [-0.4, -0.2) is 34.3 Å². The second-order valence-corrected chi connectivity index (χ2v) is 7.44. The molecule has 0 saturated carbocycles. The van der Waals surface area contributed by atoms with Gasteiger partial charge in [0.05, 0.1) is 6.04 Å². The predicted molar refractivity (Wildman–Crippen MR) is 91.4 cm³/mol. The minimum absolute atomic E-state index is 0.0191. The van der Waals surface area contributed by atoms with Crippen LogP contribution in [0.3, 0.4) is 0 Å². The van der Waals surface area contributed by atoms with E-state index in [0.717, 1.165) is 24.1 Å². The lowest BCUT2D eigenvalue weighted by molar-refractivity contribution is -0.118. The lowest BCUT2D eigenvalue weighted by Gasteiger charge is -2.51. The molecule has 0 N–H and O–H groups in total. The molecule has 0 saturated heterocycles. The summed E-state index contributed by atoms with van der Waals surface area (Å²) >= 11 is 0. The molecule has 1 aliphatic heterocycles. The largest absolute Gasteiger partial charge is 0.312 e. The van der Waals surface area contributed by atoms with Crippen LogP contribution in [-0.2, 0) is 4.79 Å². The zero-order valence-corrected chi connectivity index (χ0v) is 14.6. The van der Waals surface area contributed by atoms with Crippen LogP contribution in [0.1, 0.15) is 52.6 Å². The van der Waals surface area contributed by atoms with E-state index in [0.29, 0.717) is 0 Å². The Morgan fingerprint density at radius 2 is 1.77 bits per heavy atom. The molecule has 1 heterocycles. The van der Waals surface area contributed by atoms with Crippen LogP contribution in [0.4, 0.5) is 0 Å². The number of hydrogen-bond donors (Lipinski definition) is 0. The van der Waals surface area contributed by atoms with Crippen molar-refractivity contribution in [3.05, 3.63) is 47.7 Å². The molecule has 22 heavy (non-hydrogen) atoms. The smallest absolute Gasteiger partial charge is 0.214 e. The first-order valence-corrected chi connectivity index (χ1v) is 7.93. The molecule has 3 nitrogen and oxygen atoms in total. The van der Waals surface area contributed by atoms with E-state index in [2.05, 4.69) is 64.8 Å². The summed E-state index contributed by atoms with van der Waals surface area (Å²) < 4.78 is 0. The highest BCUT2D eigenvalue weighted by Gasteiger charge is 2.40. The molecule has 1 aliphatic rings. The average Bonchev–Trinajstić information content (AvgIpc) is 2.46. The van der Waals surface area contributed by atoms with E-state index in [4.69, 9.17) is 0 Å². The third-order valence-electron chi connectivity index (χ3n) is 5.05. The fourth-order valence-electron chi connectivity index (χ4n) is 3.36. The van der Waals surface area contributed by atoms with E-state index >= 15 is 0 Å². The van der Waals surface area contributed by atoms with Crippen molar-refractivity contribution in [2.75, 3.05) is 7.05 Å². The molecule has 0 fully saturated rings. The molecule has 0 spiro atoms. The van der Waals surface area contributed by atoms with Gasteiger partial charge in [0.1, 0.15) is 0 Å². The quantitative estimate of drug-likeness (QED) is 0.785. The van der Waals surface area contributed by atoms with Gasteiger partial charge in [-0.25, -0.2) is 0 Å². The van der Waals surface area contributed by atoms with Crippen LogP contribution in [0, 0.1) is 0 Å². The van der Waals surface area contributed by atoms with Gasteiger partial charge in [-0.05, 0) is 53.3 Å². The van der Waals surface area contributed by atoms with E-state index in [-0.39, 0.29) is 17.1 Å². The molecule has 0 bridgehead atoms. The summed E-state index contributed by atoms with van der Waals surface area (Å²) in [6.45, 7) is 11.0. The van der Waals surface area contributed by atoms with Gasteiger partial charge in [-0.3, -0.25) is 9.69 Å². The third-order valence-corrected chi connectivity index (χ3v) is 5.05. The summed E-state index contributed by atoms with van der Waals surface area (Å²) in [5.41, 5.74) is 2.21. The van der Waals surface area contributed by atoms with Crippen LogP contribution in [0.2, 0.25) is 0 Å². The molecule has 1 amide bonds. The summed E-state index contributed by atoms with van der Waals surface area (Å²) in [7, 11) is 2.15. The zero-order chi connectivity index (χ0) is 16.5. The molecule has 2 rings (SSSR count). The van der Waals surface area contributed by atoms with Crippen molar-refractivity contribution in [1.29, 1.82) is 0 Å². The van der Waals surface area contributed by atoms with E-state index in [1.807, 2.05) is 23.1 Å². The molecule has 3 heteroatoms. The van der Waals surface area contributed by atoms with Crippen LogP contribution in [0.5, 0.6) is 0 Å². The van der Waals surface area contributed by atoms with E-state index in [1.165, 1.54) is 0 Å². The minimum Gasteiger partial charge on any atom is -0.312 e. The van der Waals surface area contributed by atoms with E-state index in [9.17, 15) is 4.79 Å². The van der Waals surface area contributed by atoms with Gasteiger partial charge in [-0.2, -0.15) is 0 Å². The van der Waals surface area contributed by atoms with Gasteiger partial charge in [0.25, 0.3) is 0 Å². The van der Waals surface area contributed by atoms with Gasteiger partial charge in [0.15, 0.2) is 0 Å². The summed E-state index contributed by atoms with van der Waals surface area (Å²) in [5, 5.41) is 0. The van der Waals surface area contributed by atoms with Gasteiger partial charge >= 0.3 is 0 Å². The number of carbonyl (C=O) groups excluding carboxylic acids is 1. The molecular weight excluding hydrogens is 272 g/mol. The molecule has 1 unspecified atom stereocenters. The molecule has 0 aliphatic carbocycles. The average molecular weight is 300 g/mol. The van der Waals surface area contributed by atoms with Gasteiger partial charge in [-0.1, -0.05) is 30.3 Å². The maximum absolute atomic E-state index is 11.8. The Morgan fingerprint density at radius 1 is 1.18 bits per heavy atom. The molecule has 120 valence electrons. The lowest BCUT2D eigenvalue weighted by Crippen LogP contribution is -2.56. The van der Waals surface area contributed by atoms with Crippen molar-refractivity contribution in [3.63, 3.8) is 0 Å². The first-order chi connectivity index (χ1) is 10.2. The van der Waals surface area contributed by atoms with Crippen molar-refractivity contribution in [1.82, 2.24) is 9.80 Å². The second kappa shape index (κ2) is 5.88. The Morgan fingerprint density at radius 3 is 2.27 bits per heavy atom. The number of likely N-dealkylation sites (N-methyl/N-ethyl adjacent to an activating group) is 1. The summed E-state index contributed by atoms with van der Waals surface area (Å²) in [4.78, 5) is 16.0. The minimum atomic E-state index is -0.0747. The zero-order valence-electron chi connectivity index (χ0n) is 14.6. The molecule has 1 aromatic carbocycles. The van der Waals surface area contributed by atoms with Crippen molar-refractivity contribution in [3.8, 4) is 0 Å². The number of nitrogens with zero attached hydrogens (tertiary/aromatic N) is 2. The summed E-state index contributed by atoms with van der Waals surface area (Å²) in [6.07, 6.45) is 4.07. The van der Waals surface area contributed by atoms with Crippen molar-refractivity contribution >= 4 is 6.41 Å². The fraction of sp³-hybridized carbons (Fsp3) is 0.526. The molecule has 1 atom stereocenters. The molecule has 1 aromatic rings. The van der Waals surface area contributed by atoms with E-state index < -0.39 is 0 Å². The number of carbonyl (C=O) groups is 1. The fourth-order valence-corrected chi connectivity index (χ4v) is 3.36. The monoisotopic (exact) mass is 300 g/mol. The van der Waals surface area contributed by atoms with Gasteiger partial charge in [0.2, 0.25) is 6.41 Å². The maximum atomic E-state index is 11.8. The van der Waals surface area contributed by atoms with E-state index in [1.54, 1.807) is 0 Å². The first kappa shape index (κ1) is 16.8. The van der Waals surface area contributed by atoms with Crippen LogP contribution >= 0.6 is 0 Å². The second-order valence-electron chi connectivity index (χ2n) is 7.44. The highest BCUT2D eigenvalue weighted by atomic mass is 16.1. The number of rotatable bonds is 4. The maximum Gasteiger partial charge on any atom is 0.214 e. The summed E-state index contributed by atoms with van der Waals surface area (Å²) in [5.74, 6) is 0. The van der Waals surface area contributed by atoms with Gasteiger partial charge < -0.3 is 4.90 Å². The Bertz CT molecular complexity index is 560. The van der Waals surface area contributed by atoms with Crippen LogP contribution < -0.4 is 0 Å². The molecular formula is C19H28N2O. The SMILES string of the molecule is CC(c1ccccc1)N(C=O)C1=CC(C)(C)N(C)C(C)(C)C1. The Hall–Kier alpha value is -1.61. The van der Waals surface area contributed by atoms with Crippen molar-refractivity contribution in [2.24, 2.45) is 0 Å². The number of benzene rings is 1. The molecule has 0 aromatic heterocycles. The van der Waals surface area contributed by atoms with Crippen molar-refractivity contribution < 1.29 is 4.79 Å².